The minimum atomic E-state index is -0.522. The number of rotatable bonds is 5. The number of thiophene rings is 1. The van der Waals surface area contributed by atoms with E-state index in [0.717, 1.165) is 41.5 Å². The Balaban J connectivity index is 1.68. The van der Waals surface area contributed by atoms with E-state index < -0.39 is 5.91 Å². The quantitative estimate of drug-likeness (QED) is 0.673. The number of primary amides is 1. The number of thioether (sulfide) groups is 1. The third-order valence-corrected chi connectivity index (χ3v) is 5.67. The monoisotopic (exact) mass is 365 g/mol. The molecule has 0 saturated carbocycles. The minimum Gasteiger partial charge on any atom is -0.365 e. The van der Waals surface area contributed by atoms with Crippen LogP contribution in [0.2, 0.25) is 0 Å². The maximum absolute atomic E-state index is 12.1. The van der Waals surface area contributed by atoms with Crippen LogP contribution in [-0.2, 0) is 17.6 Å². The van der Waals surface area contributed by atoms with Crippen molar-refractivity contribution >= 4 is 39.9 Å². The smallest absolute Gasteiger partial charge is 0.273 e. The Morgan fingerprint density at radius 3 is 2.88 bits per heavy atom. The van der Waals surface area contributed by atoms with E-state index in [2.05, 4.69) is 20.5 Å². The number of aromatic amines is 1. The van der Waals surface area contributed by atoms with Crippen LogP contribution in [0, 0.1) is 6.92 Å². The summed E-state index contributed by atoms with van der Waals surface area (Å²) in [5.41, 5.74) is 6.78. The van der Waals surface area contributed by atoms with E-state index >= 15 is 0 Å². The summed E-state index contributed by atoms with van der Waals surface area (Å²) in [5, 5.41) is 11.0. The molecule has 1 aliphatic carbocycles. The number of anilines is 1. The van der Waals surface area contributed by atoms with Crippen molar-refractivity contribution in [1.29, 1.82) is 0 Å². The fourth-order valence-electron chi connectivity index (χ4n) is 2.49. The zero-order chi connectivity index (χ0) is 17.3. The number of nitrogens with one attached hydrogen (secondary N) is 2. The molecule has 0 atom stereocenters. The number of fused-ring (bicyclic) bond motifs is 1. The highest BCUT2D eigenvalue weighted by atomic mass is 32.2. The number of amides is 2. The summed E-state index contributed by atoms with van der Waals surface area (Å²) in [7, 11) is 0. The van der Waals surface area contributed by atoms with Gasteiger partial charge in [-0.2, -0.15) is 0 Å². The van der Waals surface area contributed by atoms with Crippen LogP contribution in [-0.4, -0.2) is 32.7 Å². The van der Waals surface area contributed by atoms with Crippen LogP contribution in [0.4, 0.5) is 5.00 Å². The maximum atomic E-state index is 12.1. The van der Waals surface area contributed by atoms with Gasteiger partial charge in [-0.3, -0.25) is 19.4 Å². The Bertz CT molecular complexity index is 874. The van der Waals surface area contributed by atoms with Crippen LogP contribution in [0.5, 0.6) is 0 Å². The topological polar surface area (TPSA) is 131 Å². The van der Waals surface area contributed by atoms with E-state index in [0.29, 0.717) is 10.6 Å². The van der Waals surface area contributed by atoms with Gasteiger partial charge < -0.3 is 11.1 Å². The lowest BCUT2D eigenvalue weighted by Crippen LogP contribution is -2.19. The fourth-order valence-corrected chi connectivity index (χ4v) is 4.41. The number of hydrogen-bond donors (Lipinski definition) is 3. The van der Waals surface area contributed by atoms with Crippen molar-refractivity contribution in [2.45, 2.75) is 31.3 Å². The van der Waals surface area contributed by atoms with Gasteiger partial charge >= 0.3 is 0 Å². The number of carbonyl (C=O) groups is 2. The lowest BCUT2D eigenvalue weighted by molar-refractivity contribution is -0.113. The molecule has 0 saturated heterocycles. The molecule has 0 fully saturated rings. The second kappa shape index (κ2) is 6.73. The molecule has 1 aliphatic rings. The molecule has 0 spiro atoms. The molecule has 0 unspecified atom stereocenters. The van der Waals surface area contributed by atoms with E-state index in [1.54, 1.807) is 6.92 Å². The molecule has 3 rings (SSSR count). The number of carbonyl (C=O) groups excluding carboxylic acids is 2. The third-order valence-electron chi connectivity index (χ3n) is 3.60. The molecular formula is C14H15N5O3S2. The molecule has 2 amide bonds. The van der Waals surface area contributed by atoms with Gasteiger partial charge in [0, 0.05) is 4.88 Å². The largest absolute Gasteiger partial charge is 0.365 e. The van der Waals surface area contributed by atoms with Crippen LogP contribution >= 0.6 is 23.1 Å². The van der Waals surface area contributed by atoms with E-state index in [1.165, 1.54) is 11.3 Å². The lowest BCUT2D eigenvalue weighted by atomic mass is 10.1. The maximum Gasteiger partial charge on any atom is 0.273 e. The van der Waals surface area contributed by atoms with Gasteiger partial charge in [-0.05, 0) is 31.7 Å². The second-order valence-corrected chi connectivity index (χ2v) is 7.38. The highest BCUT2D eigenvalue weighted by Crippen LogP contribution is 2.38. The van der Waals surface area contributed by atoms with E-state index in [9.17, 15) is 14.4 Å². The third kappa shape index (κ3) is 3.34. The Kier molecular flexibility index (Phi) is 4.67. The van der Waals surface area contributed by atoms with Crippen molar-refractivity contribution in [3.05, 3.63) is 32.1 Å². The van der Waals surface area contributed by atoms with E-state index in [-0.39, 0.29) is 28.1 Å². The van der Waals surface area contributed by atoms with Crippen molar-refractivity contribution < 1.29 is 9.59 Å². The molecule has 0 aromatic carbocycles. The molecule has 2 heterocycles. The van der Waals surface area contributed by atoms with E-state index in [4.69, 9.17) is 5.73 Å². The highest BCUT2D eigenvalue weighted by Gasteiger charge is 2.26. The molecule has 0 bridgehead atoms. The number of hydrogen-bond acceptors (Lipinski definition) is 7. The first-order chi connectivity index (χ1) is 11.5. The summed E-state index contributed by atoms with van der Waals surface area (Å²) >= 11 is 2.47. The van der Waals surface area contributed by atoms with Crippen LogP contribution in [0.1, 0.15) is 32.9 Å². The average Bonchev–Trinajstić information content (AvgIpc) is 3.08. The van der Waals surface area contributed by atoms with Gasteiger partial charge in [-0.1, -0.05) is 11.8 Å². The van der Waals surface area contributed by atoms with Gasteiger partial charge in [-0.25, -0.2) is 0 Å². The molecule has 0 radical (unpaired) electrons. The molecule has 0 aliphatic heterocycles. The van der Waals surface area contributed by atoms with Crippen LogP contribution in [0.3, 0.4) is 0 Å². The number of aryl methyl sites for hydroxylation is 2. The summed E-state index contributed by atoms with van der Waals surface area (Å²) < 4.78 is 0. The number of nitrogens with two attached hydrogens (primary N) is 1. The Hall–Kier alpha value is -2.20. The van der Waals surface area contributed by atoms with Gasteiger partial charge in [-0.15, -0.1) is 21.5 Å². The van der Waals surface area contributed by atoms with Crippen LogP contribution in [0.15, 0.2) is 9.95 Å². The molecule has 2 aromatic rings. The number of nitrogens with zero attached hydrogens (tertiary/aromatic N) is 2. The summed E-state index contributed by atoms with van der Waals surface area (Å²) in [4.78, 5) is 38.9. The van der Waals surface area contributed by atoms with Gasteiger partial charge in [0.1, 0.15) is 10.7 Å². The van der Waals surface area contributed by atoms with Crippen molar-refractivity contribution in [1.82, 2.24) is 15.2 Å². The Morgan fingerprint density at radius 2 is 2.17 bits per heavy atom. The summed E-state index contributed by atoms with van der Waals surface area (Å²) in [6.45, 7) is 1.55. The van der Waals surface area contributed by atoms with Crippen molar-refractivity contribution in [2.24, 2.45) is 5.73 Å². The first kappa shape index (κ1) is 16.7. The highest BCUT2D eigenvalue weighted by molar-refractivity contribution is 7.99. The average molecular weight is 365 g/mol. The molecule has 10 heteroatoms. The first-order valence-electron chi connectivity index (χ1n) is 7.26. The van der Waals surface area contributed by atoms with Gasteiger partial charge in [0.05, 0.1) is 11.3 Å². The van der Waals surface area contributed by atoms with Gasteiger partial charge in [0.2, 0.25) is 5.91 Å². The molecule has 126 valence electrons. The standard InChI is InChI=1S/C14H15N5O3S2/c1-6-12(22)17-14(19-18-6)23-5-9(20)16-13-10(11(15)21)7-3-2-4-8(7)24-13/h2-5H2,1H3,(H2,15,21)(H,16,20)(H,17,19,22). The predicted molar refractivity (Wildman–Crippen MR) is 91.6 cm³/mol. The zero-order valence-corrected chi connectivity index (χ0v) is 14.5. The first-order valence-corrected chi connectivity index (χ1v) is 9.06. The van der Waals surface area contributed by atoms with Crippen molar-refractivity contribution in [3.63, 3.8) is 0 Å². The number of H-pyrrole nitrogens is 1. The lowest BCUT2D eigenvalue weighted by Gasteiger charge is -2.05. The number of aromatic nitrogens is 3. The second-order valence-electron chi connectivity index (χ2n) is 5.31. The fraction of sp³-hybridized carbons (Fsp3) is 0.357. The summed E-state index contributed by atoms with van der Waals surface area (Å²) in [5.74, 6) is -0.786. The minimum absolute atomic E-state index is 0.0362. The van der Waals surface area contributed by atoms with Crippen molar-refractivity contribution in [3.8, 4) is 0 Å². The molecular weight excluding hydrogens is 350 g/mol. The summed E-state index contributed by atoms with van der Waals surface area (Å²) in [6, 6.07) is 0. The Morgan fingerprint density at radius 1 is 1.38 bits per heavy atom. The van der Waals surface area contributed by atoms with Gasteiger partial charge in [0.15, 0.2) is 5.16 Å². The zero-order valence-electron chi connectivity index (χ0n) is 12.8. The molecule has 8 nitrogen and oxygen atoms in total. The predicted octanol–water partition coefficient (Wildman–Crippen LogP) is 0.853. The Labute approximate surface area is 145 Å². The van der Waals surface area contributed by atoms with Crippen LogP contribution < -0.4 is 16.6 Å². The van der Waals surface area contributed by atoms with E-state index in [1.807, 2.05) is 0 Å². The molecule has 2 aromatic heterocycles. The summed E-state index contributed by atoms with van der Waals surface area (Å²) in [6.07, 6.45) is 2.73. The molecule has 4 N–H and O–H groups in total. The van der Waals surface area contributed by atoms with Crippen LogP contribution in [0.25, 0.3) is 0 Å². The van der Waals surface area contributed by atoms with Crippen molar-refractivity contribution in [2.75, 3.05) is 11.1 Å². The molecule has 24 heavy (non-hydrogen) atoms. The van der Waals surface area contributed by atoms with Gasteiger partial charge in [0.25, 0.3) is 11.5 Å². The SMILES string of the molecule is Cc1nnc(SCC(=O)Nc2sc3c(c2C(N)=O)CCC3)[nH]c1=O. The normalized spacial score (nSPS) is 12.9.